The molecular weight excluding hydrogens is 476 g/mol. The molecule has 0 saturated carbocycles. The summed E-state index contributed by atoms with van der Waals surface area (Å²) in [4.78, 5) is 40.1. The van der Waals surface area contributed by atoms with Crippen LogP contribution in [0.25, 0.3) is 0 Å². The number of amides is 3. The standard InChI is InChI=1S/C24H31F2N5O5/c1-3-17(20(32)22-30-29-19(4-2)36-22)27-21(33)18(28-23(34)31-10-12-35-13-11-31)15-24(25,26)14-16-8-6-5-7-9-16/h5-9,17-18H,3-4,10-15H2,1-2H3,(H,27,33)(H,28,34)/t17?,18-/m0/s1. The topological polar surface area (TPSA) is 127 Å². The van der Waals surface area contributed by atoms with Gasteiger partial charge in [0.25, 0.3) is 11.8 Å². The molecule has 1 fully saturated rings. The number of ether oxygens (including phenoxy) is 1. The number of alkyl halides is 2. The molecule has 0 bridgehead atoms. The molecule has 1 aliphatic rings. The number of benzene rings is 1. The Morgan fingerprint density at radius 2 is 1.75 bits per heavy atom. The third-order valence-electron chi connectivity index (χ3n) is 5.74. The van der Waals surface area contributed by atoms with Crippen molar-refractivity contribution in [1.82, 2.24) is 25.7 Å². The van der Waals surface area contributed by atoms with Gasteiger partial charge in [0, 0.05) is 32.4 Å². The van der Waals surface area contributed by atoms with Crippen molar-refractivity contribution in [2.45, 2.75) is 57.5 Å². The van der Waals surface area contributed by atoms with Gasteiger partial charge in [0.2, 0.25) is 17.6 Å². The lowest BCUT2D eigenvalue weighted by Crippen LogP contribution is -2.56. The number of carbonyl (C=O) groups is 3. The molecule has 3 amide bonds. The monoisotopic (exact) mass is 507 g/mol. The first kappa shape index (κ1) is 27.2. The summed E-state index contributed by atoms with van der Waals surface area (Å²) in [7, 11) is 0. The largest absolute Gasteiger partial charge is 0.418 e. The SMILES string of the molecule is CCc1nnc(C(=O)C(CC)NC(=O)[C@H](CC(F)(F)Cc2ccccc2)NC(=O)N2CCOCC2)o1. The number of nitrogens with zero attached hydrogens (tertiary/aromatic N) is 3. The third-order valence-corrected chi connectivity index (χ3v) is 5.74. The van der Waals surface area contributed by atoms with Crippen molar-refractivity contribution >= 4 is 17.7 Å². The minimum atomic E-state index is -3.31. The van der Waals surface area contributed by atoms with Gasteiger partial charge < -0.3 is 24.7 Å². The summed E-state index contributed by atoms with van der Waals surface area (Å²) in [5.41, 5.74) is 0.394. The lowest BCUT2D eigenvalue weighted by Gasteiger charge is -2.30. The van der Waals surface area contributed by atoms with Crippen LogP contribution in [0.15, 0.2) is 34.7 Å². The fourth-order valence-electron chi connectivity index (χ4n) is 3.75. The molecule has 0 spiro atoms. The zero-order valence-corrected chi connectivity index (χ0v) is 20.3. The maximum atomic E-state index is 15.0. The first-order chi connectivity index (χ1) is 17.2. The minimum Gasteiger partial charge on any atom is -0.418 e. The smallest absolute Gasteiger partial charge is 0.318 e. The van der Waals surface area contributed by atoms with Crippen LogP contribution in [0.2, 0.25) is 0 Å². The highest BCUT2D eigenvalue weighted by atomic mass is 19.3. The molecule has 1 aromatic carbocycles. The number of halogens is 2. The highest BCUT2D eigenvalue weighted by Crippen LogP contribution is 2.26. The maximum absolute atomic E-state index is 15.0. The minimum absolute atomic E-state index is 0.152. The van der Waals surface area contributed by atoms with Gasteiger partial charge >= 0.3 is 6.03 Å². The number of nitrogens with one attached hydrogen (secondary N) is 2. The van der Waals surface area contributed by atoms with Gasteiger partial charge in [0.05, 0.1) is 19.3 Å². The summed E-state index contributed by atoms with van der Waals surface area (Å²) >= 11 is 0. The van der Waals surface area contributed by atoms with Gasteiger partial charge in [0.15, 0.2) is 0 Å². The molecule has 2 aromatic rings. The predicted molar refractivity (Wildman–Crippen MR) is 125 cm³/mol. The second-order valence-corrected chi connectivity index (χ2v) is 8.51. The summed E-state index contributed by atoms with van der Waals surface area (Å²) in [6.45, 7) is 4.58. The summed E-state index contributed by atoms with van der Waals surface area (Å²) in [5.74, 6) is -4.86. The van der Waals surface area contributed by atoms with E-state index in [1.807, 2.05) is 0 Å². The third kappa shape index (κ3) is 7.54. The highest BCUT2D eigenvalue weighted by molar-refractivity contribution is 5.99. The maximum Gasteiger partial charge on any atom is 0.318 e. The van der Waals surface area contributed by atoms with Gasteiger partial charge in [-0.25, -0.2) is 13.6 Å². The average Bonchev–Trinajstić information content (AvgIpc) is 3.36. The Morgan fingerprint density at radius 1 is 1.06 bits per heavy atom. The van der Waals surface area contributed by atoms with Crippen LogP contribution in [0.4, 0.5) is 13.6 Å². The van der Waals surface area contributed by atoms with Crippen LogP contribution in [0.3, 0.4) is 0 Å². The fourth-order valence-corrected chi connectivity index (χ4v) is 3.75. The molecule has 10 nitrogen and oxygen atoms in total. The van der Waals surface area contributed by atoms with Gasteiger partial charge in [-0.15, -0.1) is 10.2 Å². The number of Topliss-reactive ketones (excluding diaryl/α,β-unsaturated/α-hetero) is 1. The van der Waals surface area contributed by atoms with Gasteiger partial charge in [0.1, 0.15) is 6.04 Å². The second-order valence-electron chi connectivity index (χ2n) is 8.51. The summed E-state index contributed by atoms with van der Waals surface area (Å²) in [6.07, 6.45) is -0.980. The molecule has 1 aliphatic heterocycles. The number of rotatable bonds is 11. The number of carbonyl (C=O) groups excluding carboxylic acids is 3. The van der Waals surface area contributed by atoms with Crippen molar-refractivity contribution in [3.63, 3.8) is 0 Å². The zero-order valence-electron chi connectivity index (χ0n) is 20.3. The summed E-state index contributed by atoms with van der Waals surface area (Å²) < 4.78 is 40.6. The Hall–Kier alpha value is -3.41. The van der Waals surface area contributed by atoms with Crippen LogP contribution >= 0.6 is 0 Å². The molecule has 1 unspecified atom stereocenters. The number of ketones is 1. The molecular formula is C24H31F2N5O5. The van der Waals surface area contributed by atoms with E-state index in [4.69, 9.17) is 9.15 Å². The molecule has 196 valence electrons. The van der Waals surface area contributed by atoms with E-state index in [9.17, 15) is 14.4 Å². The van der Waals surface area contributed by atoms with Crippen molar-refractivity contribution in [3.05, 3.63) is 47.7 Å². The van der Waals surface area contributed by atoms with Crippen molar-refractivity contribution in [2.75, 3.05) is 26.3 Å². The molecule has 1 aromatic heterocycles. The number of aryl methyl sites for hydroxylation is 1. The van der Waals surface area contributed by atoms with E-state index in [-0.39, 0.29) is 31.3 Å². The zero-order chi connectivity index (χ0) is 26.1. The molecule has 12 heteroatoms. The Bertz CT molecular complexity index is 1030. The van der Waals surface area contributed by atoms with Crippen LogP contribution in [0.5, 0.6) is 0 Å². The quantitative estimate of drug-likeness (QED) is 0.447. The lowest BCUT2D eigenvalue weighted by molar-refractivity contribution is -0.126. The van der Waals surface area contributed by atoms with E-state index in [1.54, 1.807) is 44.2 Å². The molecule has 2 heterocycles. The van der Waals surface area contributed by atoms with Crippen LogP contribution < -0.4 is 10.6 Å². The molecule has 2 atom stereocenters. The Balaban J connectivity index is 1.75. The van der Waals surface area contributed by atoms with Crippen molar-refractivity contribution in [2.24, 2.45) is 0 Å². The van der Waals surface area contributed by atoms with E-state index in [1.165, 1.54) is 4.90 Å². The van der Waals surface area contributed by atoms with Gasteiger partial charge in [-0.05, 0) is 12.0 Å². The normalized spacial score (nSPS) is 15.7. The van der Waals surface area contributed by atoms with E-state index in [0.717, 1.165) is 0 Å². The highest BCUT2D eigenvalue weighted by Gasteiger charge is 2.38. The van der Waals surface area contributed by atoms with Gasteiger partial charge in [-0.2, -0.15) is 0 Å². The van der Waals surface area contributed by atoms with Crippen LogP contribution in [-0.4, -0.2) is 77.1 Å². The Labute approximate surface area is 207 Å². The van der Waals surface area contributed by atoms with E-state index >= 15 is 8.78 Å². The van der Waals surface area contributed by atoms with Crippen LogP contribution in [0, 0.1) is 0 Å². The number of aromatic nitrogens is 2. The Morgan fingerprint density at radius 3 is 2.36 bits per heavy atom. The predicted octanol–water partition coefficient (Wildman–Crippen LogP) is 2.39. The molecule has 36 heavy (non-hydrogen) atoms. The van der Waals surface area contributed by atoms with Gasteiger partial charge in [-0.1, -0.05) is 44.2 Å². The van der Waals surface area contributed by atoms with Crippen LogP contribution in [0.1, 0.15) is 48.8 Å². The number of hydrogen-bond donors (Lipinski definition) is 2. The van der Waals surface area contributed by atoms with E-state index in [2.05, 4.69) is 20.8 Å². The van der Waals surface area contributed by atoms with Gasteiger partial charge in [-0.3, -0.25) is 9.59 Å². The molecule has 0 aliphatic carbocycles. The number of urea groups is 1. The van der Waals surface area contributed by atoms with Crippen molar-refractivity contribution < 1.29 is 32.3 Å². The molecule has 3 rings (SSSR count). The van der Waals surface area contributed by atoms with Crippen molar-refractivity contribution in [1.29, 1.82) is 0 Å². The first-order valence-corrected chi connectivity index (χ1v) is 11.9. The molecule has 2 N–H and O–H groups in total. The molecule has 1 saturated heterocycles. The number of morpholine rings is 1. The van der Waals surface area contributed by atoms with Crippen molar-refractivity contribution in [3.8, 4) is 0 Å². The number of hydrogen-bond acceptors (Lipinski definition) is 7. The lowest BCUT2D eigenvalue weighted by atomic mass is 9.99. The first-order valence-electron chi connectivity index (χ1n) is 11.9. The fraction of sp³-hybridized carbons (Fsp3) is 0.542. The van der Waals surface area contributed by atoms with E-state index in [0.29, 0.717) is 25.2 Å². The molecule has 0 radical (unpaired) electrons. The Kier molecular flexibility index (Phi) is 9.45. The average molecular weight is 508 g/mol. The summed E-state index contributed by atoms with van der Waals surface area (Å²) in [6, 6.07) is 4.81. The van der Waals surface area contributed by atoms with Crippen LogP contribution in [-0.2, 0) is 22.4 Å². The van der Waals surface area contributed by atoms with E-state index < -0.39 is 48.6 Å². The summed E-state index contributed by atoms with van der Waals surface area (Å²) in [5, 5.41) is 12.3. The second kappa shape index (κ2) is 12.5.